The number of aryl methyl sites for hydroxylation is 2. The fourth-order valence-corrected chi connectivity index (χ4v) is 3.18. The van der Waals surface area contributed by atoms with Gasteiger partial charge in [-0.25, -0.2) is 4.68 Å². The summed E-state index contributed by atoms with van der Waals surface area (Å²) in [7, 11) is 3.64. The van der Waals surface area contributed by atoms with E-state index in [1.807, 2.05) is 11.7 Å². The van der Waals surface area contributed by atoms with Crippen LogP contribution in [0.5, 0.6) is 5.88 Å². The lowest BCUT2D eigenvalue weighted by Crippen LogP contribution is -2.28. The van der Waals surface area contributed by atoms with Crippen molar-refractivity contribution in [2.45, 2.75) is 26.3 Å². The van der Waals surface area contributed by atoms with Crippen molar-refractivity contribution < 1.29 is 4.74 Å². The molecule has 1 saturated heterocycles. The summed E-state index contributed by atoms with van der Waals surface area (Å²) in [4.78, 5) is 2.48. The topological polar surface area (TPSA) is 56.3 Å². The van der Waals surface area contributed by atoms with E-state index in [-0.39, 0.29) is 0 Å². The molecule has 2 unspecified atom stereocenters. The first-order valence-corrected chi connectivity index (χ1v) is 6.65. The van der Waals surface area contributed by atoms with E-state index < -0.39 is 0 Å². The third kappa shape index (κ3) is 2.01. The van der Waals surface area contributed by atoms with Crippen LogP contribution in [-0.4, -0.2) is 41.4 Å². The molecule has 2 N–H and O–H groups in total. The van der Waals surface area contributed by atoms with Crippen LogP contribution < -0.4 is 10.5 Å². The summed E-state index contributed by atoms with van der Waals surface area (Å²) >= 11 is 0. The lowest BCUT2D eigenvalue weighted by Gasteiger charge is -2.27. The van der Waals surface area contributed by atoms with E-state index >= 15 is 0 Å². The standard InChI is InChI=1S/C13H24N4O/c1-5-17-7-6-10(8-14)12(17)11-9(2)15-16(3)13(11)18-4/h10,12H,5-8,14H2,1-4H3. The van der Waals surface area contributed by atoms with Crippen LogP contribution in [0, 0.1) is 12.8 Å². The molecule has 2 atom stereocenters. The van der Waals surface area contributed by atoms with Gasteiger partial charge in [0.2, 0.25) is 5.88 Å². The van der Waals surface area contributed by atoms with Gasteiger partial charge in [0.1, 0.15) is 0 Å². The average Bonchev–Trinajstić information content (AvgIpc) is 2.88. The van der Waals surface area contributed by atoms with E-state index in [1.165, 1.54) is 5.56 Å². The highest BCUT2D eigenvalue weighted by Crippen LogP contribution is 2.41. The number of hydrogen-bond donors (Lipinski definition) is 1. The summed E-state index contributed by atoms with van der Waals surface area (Å²) in [5.74, 6) is 1.37. The van der Waals surface area contributed by atoms with Gasteiger partial charge in [0.25, 0.3) is 0 Å². The zero-order valence-corrected chi connectivity index (χ0v) is 11.8. The van der Waals surface area contributed by atoms with Gasteiger partial charge in [-0.05, 0) is 38.9 Å². The van der Waals surface area contributed by atoms with Crippen LogP contribution in [0.25, 0.3) is 0 Å². The van der Waals surface area contributed by atoms with Gasteiger partial charge < -0.3 is 10.5 Å². The van der Waals surface area contributed by atoms with Crippen LogP contribution in [0.3, 0.4) is 0 Å². The first kappa shape index (κ1) is 13.4. The van der Waals surface area contributed by atoms with Gasteiger partial charge in [0.05, 0.1) is 18.4 Å². The molecule has 1 aromatic rings. The first-order chi connectivity index (χ1) is 8.63. The number of hydrogen-bond acceptors (Lipinski definition) is 4. The SMILES string of the molecule is CCN1CCC(CN)C1c1c(C)nn(C)c1OC. The van der Waals surface area contributed by atoms with Gasteiger partial charge in [-0.2, -0.15) is 5.10 Å². The summed E-state index contributed by atoms with van der Waals surface area (Å²) in [5.41, 5.74) is 8.20. The molecule has 0 amide bonds. The summed E-state index contributed by atoms with van der Waals surface area (Å²) in [6.07, 6.45) is 1.16. The second kappa shape index (κ2) is 5.28. The van der Waals surface area contributed by atoms with E-state index in [4.69, 9.17) is 10.5 Å². The fourth-order valence-electron chi connectivity index (χ4n) is 3.18. The van der Waals surface area contributed by atoms with Gasteiger partial charge in [-0.15, -0.1) is 0 Å². The zero-order valence-electron chi connectivity index (χ0n) is 11.8. The molecule has 2 rings (SSSR count). The van der Waals surface area contributed by atoms with E-state index in [2.05, 4.69) is 23.8 Å². The van der Waals surface area contributed by atoms with Crippen LogP contribution in [0.15, 0.2) is 0 Å². The summed E-state index contributed by atoms with van der Waals surface area (Å²) < 4.78 is 7.35. The number of nitrogens with two attached hydrogens (primary N) is 1. The fraction of sp³-hybridized carbons (Fsp3) is 0.769. The largest absolute Gasteiger partial charge is 0.481 e. The molecule has 18 heavy (non-hydrogen) atoms. The van der Waals surface area contributed by atoms with Crippen LogP contribution in [0.2, 0.25) is 0 Å². The Bertz CT molecular complexity index is 403. The molecule has 0 radical (unpaired) electrons. The Kier molecular flexibility index (Phi) is 3.92. The van der Waals surface area contributed by atoms with Crippen LogP contribution >= 0.6 is 0 Å². The smallest absolute Gasteiger partial charge is 0.216 e. The predicted molar refractivity (Wildman–Crippen MR) is 71.6 cm³/mol. The Hall–Kier alpha value is -1.07. The lowest BCUT2D eigenvalue weighted by atomic mass is 9.94. The summed E-state index contributed by atoms with van der Waals surface area (Å²) in [5, 5.41) is 4.49. The normalized spacial score (nSPS) is 24.7. The van der Waals surface area contributed by atoms with E-state index in [0.29, 0.717) is 12.0 Å². The van der Waals surface area contributed by atoms with Gasteiger partial charge in [-0.3, -0.25) is 4.90 Å². The van der Waals surface area contributed by atoms with Crippen molar-refractivity contribution in [3.63, 3.8) is 0 Å². The van der Waals surface area contributed by atoms with Crippen molar-refractivity contribution in [3.05, 3.63) is 11.3 Å². The number of methoxy groups -OCH3 is 1. The highest BCUT2D eigenvalue weighted by atomic mass is 16.5. The van der Waals surface area contributed by atoms with Crippen molar-refractivity contribution in [1.29, 1.82) is 0 Å². The van der Waals surface area contributed by atoms with Gasteiger partial charge >= 0.3 is 0 Å². The van der Waals surface area contributed by atoms with Gasteiger partial charge in [0, 0.05) is 13.1 Å². The molecule has 5 nitrogen and oxygen atoms in total. The Morgan fingerprint density at radius 2 is 2.22 bits per heavy atom. The van der Waals surface area contributed by atoms with Gasteiger partial charge in [0.15, 0.2) is 0 Å². The highest BCUT2D eigenvalue weighted by molar-refractivity contribution is 5.35. The van der Waals surface area contributed by atoms with E-state index in [9.17, 15) is 0 Å². The molecule has 5 heteroatoms. The van der Waals surface area contributed by atoms with E-state index in [1.54, 1.807) is 7.11 Å². The maximum absolute atomic E-state index is 5.93. The second-order valence-corrected chi connectivity index (χ2v) is 4.99. The molecule has 2 heterocycles. The molecule has 1 aliphatic heterocycles. The van der Waals surface area contributed by atoms with Crippen molar-refractivity contribution in [2.24, 2.45) is 18.7 Å². The van der Waals surface area contributed by atoms with Crippen molar-refractivity contribution in [1.82, 2.24) is 14.7 Å². The maximum atomic E-state index is 5.93. The monoisotopic (exact) mass is 252 g/mol. The van der Waals surface area contributed by atoms with Crippen LogP contribution in [0.4, 0.5) is 0 Å². The minimum atomic E-state index is 0.351. The number of nitrogens with zero attached hydrogens (tertiary/aromatic N) is 3. The molecule has 0 spiro atoms. The Balaban J connectivity index is 2.44. The van der Waals surface area contributed by atoms with E-state index in [0.717, 1.165) is 37.6 Å². The average molecular weight is 252 g/mol. The summed E-state index contributed by atoms with van der Waals surface area (Å²) in [6, 6.07) is 0.351. The number of ether oxygens (including phenoxy) is 1. The molecule has 102 valence electrons. The Labute approximate surface area is 109 Å². The Morgan fingerprint density at radius 3 is 2.78 bits per heavy atom. The molecular weight excluding hydrogens is 228 g/mol. The second-order valence-electron chi connectivity index (χ2n) is 4.99. The maximum Gasteiger partial charge on any atom is 0.216 e. The number of rotatable bonds is 4. The molecule has 0 aliphatic carbocycles. The third-order valence-corrected chi connectivity index (χ3v) is 4.04. The third-order valence-electron chi connectivity index (χ3n) is 4.04. The van der Waals surface area contributed by atoms with Crippen LogP contribution in [-0.2, 0) is 7.05 Å². The predicted octanol–water partition coefficient (Wildman–Crippen LogP) is 1.08. The first-order valence-electron chi connectivity index (χ1n) is 6.65. The minimum absolute atomic E-state index is 0.351. The molecule has 1 aliphatic rings. The van der Waals surface area contributed by atoms with Gasteiger partial charge in [-0.1, -0.05) is 6.92 Å². The van der Waals surface area contributed by atoms with Crippen molar-refractivity contribution in [3.8, 4) is 5.88 Å². The number of likely N-dealkylation sites (tertiary alicyclic amines) is 1. The quantitative estimate of drug-likeness (QED) is 0.871. The molecule has 1 aromatic heterocycles. The highest BCUT2D eigenvalue weighted by Gasteiger charge is 2.37. The number of aromatic nitrogens is 2. The lowest BCUT2D eigenvalue weighted by molar-refractivity contribution is 0.233. The van der Waals surface area contributed by atoms with Crippen molar-refractivity contribution in [2.75, 3.05) is 26.7 Å². The van der Waals surface area contributed by atoms with Crippen LogP contribution in [0.1, 0.15) is 30.6 Å². The molecule has 0 saturated carbocycles. The molecule has 0 bridgehead atoms. The molecule has 0 aromatic carbocycles. The molecular formula is C13H24N4O. The van der Waals surface area contributed by atoms with Crippen molar-refractivity contribution >= 4 is 0 Å². The zero-order chi connectivity index (χ0) is 13.3. The minimum Gasteiger partial charge on any atom is -0.481 e. The Morgan fingerprint density at radius 1 is 1.50 bits per heavy atom. The molecule has 1 fully saturated rings. The summed E-state index contributed by atoms with van der Waals surface area (Å²) in [6.45, 7) is 7.12.